The van der Waals surface area contributed by atoms with Crippen LogP contribution in [-0.2, 0) is 22.4 Å². The fraction of sp³-hybridized carbons (Fsp3) is 0.514. The number of hydrogen-bond donors (Lipinski definition) is 0. The number of hydrogen-bond acceptors (Lipinski definition) is 6. The smallest absolute Gasteiger partial charge is 0.246 e. The molecule has 10 heteroatoms. The quantitative estimate of drug-likeness (QED) is 0.316. The highest BCUT2D eigenvalue weighted by atomic mass is 19.1. The number of benzene rings is 1. The number of allylic oxidation sites excluding steroid dienone is 2. The zero-order valence-electron chi connectivity index (χ0n) is 26.6. The molecule has 0 saturated carbocycles. The largest absolute Gasteiger partial charge is 0.475 e. The Kier molecular flexibility index (Phi) is 8.48. The number of fused-ring (bicyclic) bond motifs is 3. The summed E-state index contributed by atoms with van der Waals surface area (Å²) in [5.41, 5.74) is 4.20. The molecule has 8 nitrogen and oxygen atoms in total. The van der Waals surface area contributed by atoms with Gasteiger partial charge in [-0.05, 0) is 67.8 Å². The Morgan fingerprint density at radius 3 is 2.89 bits per heavy atom. The van der Waals surface area contributed by atoms with Crippen molar-refractivity contribution in [2.24, 2.45) is 10.9 Å². The summed E-state index contributed by atoms with van der Waals surface area (Å²) >= 11 is 0. The monoisotopic (exact) mass is 638 g/mol. The number of rotatable bonds is 6. The van der Waals surface area contributed by atoms with Crippen LogP contribution >= 0.6 is 0 Å². The molecule has 7 rings (SSSR count). The predicted molar refractivity (Wildman–Crippen MR) is 175 cm³/mol. The molecule has 4 heterocycles. The van der Waals surface area contributed by atoms with Gasteiger partial charge in [0.25, 0.3) is 0 Å². The molecule has 4 aliphatic heterocycles. The van der Waals surface area contributed by atoms with E-state index in [0.717, 1.165) is 50.6 Å². The lowest BCUT2D eigenvalue weighted by Crippen LogP contribution is -2.57. The molecular weight excluding hydrogens is 598 g/mol. The van der Waals surface area contributed by atoms with Crippen molar-refractivity contribution in [1.82, 2.24) is 14.7 Å². The molecule has 0 N–H and O–H groups in total. The molecule has 3 saturated heterocycles. The summed E-state index contributed by atoms with van der Waals surface area (Å²) in [6, 6.07) is 7.06. The van der Waals surface area contributed by atoms with Crippen LogP contribution in [0.5, 0.6) is 0 Å². The average Bonchev–Trinajstić information content (AvgIpc) is 3.62. The summed E-state index contributed by atoms with van der Waals surface area (Å²) in [4.78, 5) is 26.9. The Hall–Kier alpha value is -4.28. The zero-order chi connectivity index (χ0) is 32.7. The number of carbonyl (C=O) groups is 1. The van der Waals surface area contributed by atoms with Gasteiger partial charge in [-0.3, -0.25) is 9.69 Å². The van der Waals surface area contributed by atoms with Crippen molar-refractivity contribution in [2.45, 2.75) is 68.7 Å². The van der Waals surface area contributed by atoms with Crippen molar-refractivity contribution in [3.05, 3.63) is 88.2 Å². The third-order valence-electron chi connectivity index (χ3n) is 11.0. The van der Waals surface area contributed by atoms with Crippen LogP contribution in [0.25, 0.3) is 10.4 Å². The molecule has 0 bridgehead atoms. The van der Waals surface area contributed by atoms with Gasteiger partial charge in [-0.1, -0.05) is 36.9 Å². The van der Waals surface area contributed by atoms with Gasteiger partial charge in [-0.25, -0.2) is 20.3 Å². The lowest BCUT2D eigenvalue weighted by molar-refractivity contribution is -0.130. The van der Waals surface area contributed by atoms with Gasteiger partial charge in [0, 0.05) is 49.8 Å². The minimum atomic E-state index is -0.946. The summed E-state index contributed by atoms with van der Waals surface area (Å²) in [5, 5.41) is 10.6. The third kappa shape index (κ3) is 5.47. The van der Waals surface area contributed by atoms with E-state index in [4.69, 9.17) is 16.3 Å². The number of ether oxygens (including phenoxy) is 1. The maximum atomic E-state index is 17.0. The fourth-order valence-electron chi connectivity index (χ4n) is 8.78. The van der Waals surface area contributed by atoms with Crippen molar-refractivity contribution in [2.75, 3.05) is 45.9 Å². The van der Waals surface area contributed by atoms with Gasteiger partial charge in [0.1, 0.15) is 42.3 Å². The second kappa shape index (κ2) is 12.7. The summed E-state index contributed by atoms with van der Waals surface area (Å²) in [6.07, 6.45) is 10.3. The third-order valence-corrected chi connectivity index (χ3v) is 11.0. The highest BCUT2D eigenvalue weighted by Gasteiger charge is 2.50. The van der Waals surface area contributed by atoms with Gasteiger partial charge in [0.2, 0.25) is 18.3 Å². The number of aliphatic imine (C=N–C) groups is 1. The maximum Gasteiger partial charge on any atom is 0.246 e. The molecule has 0 spiro atoms. The van der Waals surface area contributed by atoms with Crippen LogP contribution < -0.4 is 0 Å². The predicted octanol–water partition coefficient (Wildman–Crippen LogP) is 5.20. The fourth-order valence-corrected chi connectivity index (χ4v) is 8.78. The number of dihydropyridines is 1. The molecule has 2 unspecified atom stereocenters. The molecule has 3 fully saturated rings. The minimum absolute atomic E-state index is 0.0819. The van der Waals surface area contributed by atoms with E-state index in [0.29, 0.717) is 43.9 Å². The number of piperazine rings is 1. The molecule has 1 aromatic rings. The van der Waals surface area contributed by atoms with Crippen molar-refractivity contribution in [1.29, 1.82) is 5.26 Å². The summed E-state index contributed by atoms with van der Waals surface area (Å²) < 4.78 is 38.0. The van der Waals surface area contributed by atoms with Crippen molar-refractivity contribution >= 4 is 17.4 Å². The van der Waals surface area contributed by atoms with Gasteiger partial charge in [0.05, 0.1) is 5.54 Å². The molecule has 2 aliphatic carbocycles. The zero-order valence-corrected chi connectivity index (χ0v) is 26.6. The van der Waals surface area contributed by atoms with Crippen molar-refractivity contribution in [3.63, 3.8) is 0 Å². The van der Waals surface area contributed by atoms with Gasteiger partial charge in [0.15, 0.2) is 0 Å². The number of carbonyl (C=O) groups excluding carboxylic acids is 1. The van der Waals surface area contributed by atoms with Gasteiger partial charge < -0.3 is 19.4 Å². The van der Waals surface area contributed by atoms with E-state index in [2.05, 4.69) is 28.5 Å². The molecule has 0 radical (unpaired) electrons. The van der Waals surface area contributed by atoms with E-state index >= 15 is 4.39 Å². The van der Waals surface area contributed by atoms with Gasteiger partial charge in [-0.2, -0.15) is 5.26 Å². The summed E-state index contributed by atoms with van der Waals surface area (Å²) in [5.74, 6) is -1.10. The Balaban J connectivity index is 1.28. The van der Waals surface area contributed by atoms with E-state index in [1.807, 2.05) is 29.2 Å². The Labute approximate surface area is 275 Å². The molecule has 47 heavy (non-hydrogen) atoms. The first-order valence-electron chi connectivity index (χ1n) is 16.8. The Bertz CT molecular complexity index is 1680. The van der Waals surface area contributed by atoms with E-state index in [9.17, 15) is 14.4 Å². The molecular formula is C37H40F2N6O2. The number of nitriles is 1. The number of amides is 1. The van der Waals surface area contributed by atoms with Gasteiger partial charge in [-0.15, -0.1) is 0 Å². The average molecular weight is 639 g/mol. The van der Waals surface area contributed by atoms with E-state index in [1.165, 1.54) is 17.2 Å². The molecule has 5 atom stereocenters. The Morgan fingerprint density at radius 1 is 1.23 bits per heavy atom. The molecule has 0 aromatic heterocycles. The second-order valence-corrected chi connectivity index (χ2v) is 13.6. The first-order chi connectivity index (χ1) is 22.9. The topological polar surface area (TPSA) is 76.5 Å². The molecule has 6 aliphatic rings. The van der Waals surface area contributed by atoms with Crippen LogP contribution in [0.2, 0.25) is 0 Å². The summed E-state index contributed by atoms with van der Waals surface area (Å²) in [7, 11) is 0. The molecule has 1 amide bonds. The van der Waals surface area contributed by atoms with Crippen molar-refractivity contribution in [3.8, 4) is 6.07 Å². The SMILES string of the molecule is [C-]#[N+]C[C@H]1CN(C2=C(C#N)C(OC[C@@]34CCCN3C[C@H](F)C4)=NC3C(F)=C(c4cccc5c4CCCC5)C=CC23)CCN1C(=O)C=C. The maximum absolute atomic E-state index is 17.0. The number of alkyl halides is 1. The molecule has 244 valence electrons. The van der Waals surface area contributed by atoms with Crippen LogP contribution in [-0.4, -0.2) is 96.2 Å². The lowest BCUT2D eigenvalue weighted by Gasteiger charge is -2.45. The van der Waals surface area contributed by atoms with Gasteiger partial charge >= 0.3 is 0 Å². The van der Waals surface area contributed by atoms with Crippen LogP contribution in [0.15, 0.2) is 65.1 Å². The van der Waals surface area contributed by atoms with E-state index in [-0.39, 0.29) is 36.4 Å². The van der Waals surface area contributed by atoms with Crippen LogP contribution in [0.1, 0.15) is 48.8 Å². The van der Waals surface area contributed by atoms with Crippen LogP contribution in [0.4, 0.5) is 8.78 Å². The number of halogens is 2. The first-order valence-corrected chi connectivity index (χ1v) is 16.8. The lowest BCUT2D eigenvalue weighted by atomic mass is 9.79. The first kappa shape index (κ1) is 31.3. The Morgan fingerprint density at radius 2 is 2.09 bits per heavy atom. The van der Waals surface area contributed by atoms with E-state index in [1.54, 1.807) is 4.90 Å². The second-order valence-electron chi connectivity index (χ2n) is 13.6. The standard InChI is InChI=1S/C37H40F2N6O2/c1-3-32(46)45-17-16-43(22-26(45)20-41-2)35-30-13-12-29(28-11-6-9-24-8-4-5-10-27(24)28)33(39)34(30)42-36(31(35)19-40)47-23-37-14-7-15-44(37)21-25(38)18-37/h3,6,9,11-13,25-26,30,34H,1,4-5,7-8,10,14-18,20-23H2/t25-,26+,30?,34?,37+/m1/s1. The molecule has 1 aromatic carbocycles. The van der Waals surface area contributed by atoms with E-state index < -0.39 is 29.7 Å². The van der Waals surface area contributed by atoms with Crippen LogP contribution in [0, 0.1) is 23.8 Å². The minimum Gasteiger partial charge on any atom is -0.475 e. The summed E-state index contributed by atoms with van der Waals surface area (Å²) in [6.45, 7) is 13.6. The van der Waals surface area contributed by atoms with Crippen LogP contribution in [0.3, 0.4) is 0 Å². The van der Waals surface area contributed by atoms with Crippen molar-refractivity contribution < 1.29 is 18.3 Å². The number of aryl methyl sites for hydroxylation is 1. The highest BCUT2D eigenvalue weighted by molar-refractivity contribution is 6.00. The highest BCUT2D eigenvalue weighted by Crippen LogP contribution is 2.45. The normalized spacial score (nSPS) is 30.3. The number of nitrogens with zero attached hydrogens (tertiary/aromatic N) is 6.